The third kappa shape index (κ3) is 3.49. The highest BCUT2D eigenvalue weighted by atomic mass is 32.3. The molecule has 5 nitrogen and oxygen atoms in total. The molecule has 20 heavy (non-hydrogen) atoms. The monoisotopic (exact) mass is 306 g/mol. The van der Waals surface area contributed by atoms with Crippen LogP contribution in [0.1, 0.15) is 39.5 Å². The minimum Gasteiger partial charge on any atom is -0.340 e. The number of rotatable bonds is 4. The lowest BCUT2D eigenvalue weighted by atomic mass is 9.98. The molecule has 0 N–H and O–H groups in total. The van der Waals surface area contributed by atoms with Crippen LogP contribution in [0.3, 0.4) is 0 Å². The van der Waals surface area contributed by atoms with Gasteiger partial charge in [0.25, 0.3) is 0 Å². The predicted molar refractivity (Wildman–Crippen MR) is 74.5 cm³/mol. The molecule has 2 aliphatic rings. The standard InChI is InChI=1S/C13H23FN2O3S/c1-10-4-3-5-11(2)16(10)7-6-15-9-12(8-13(15)17)20(14,18)19/h10-12H,3-9H2,1-2H3. The molecule has 0 aromatic heterocycles. The number of likely N-dealkylation sites (tertiary alicyclic amines) is 2. The Kier molecular flexibility index (Phi) is 4.69. The van der Waals surface area contributed by atoms with Crippen LogP contribution in [-0.4, -0.2) is 61.1 Å². The molecular weight excluding hydrogens is 283 g/mol. The number of amides is 1. The van der Waals surface area contributed by atoms with E-state index >= 15 is 0 Å². The maximum Gasteiger partial charge on any atom is 0.307 e. The first kappa shape index (κ1) is 15.7. The molecule has 0 aromatic carbocycles. The number of nitrogens with zero attached hydrogens (tertiary/aromatic N) is 2. The van der Waals surface area contributed by atoms with Gasteiger partial charge in [-0.25, -0.2) is 0 Å². The van der Waals surface area contributed by atoms with E-state index in [4.69, 9.17) is 0 Å². The van der Waals surface area contributed by atoms with Gasteiger partial charge >= 0.3 is 10.2 Å². The Balaban J connectivity index is 1.89. The van der Waals surface area contributed by atoms with E-state index in [-0.39, 0.29) is 18.9 Å². The first-order valence-electron chi connectivity index (χ1n) is 7.26. The summed E-state index contributed by atoms with van der Waals surface area (Å²) >= 11 is 0. The molecule has 0 bridgehead atoms. The quantitative estimate of drug-likeness (QED) is 0.731. The summed E-state index contributed by atoms with van der Waals surface area (Å²) in [5, 5.41) is -1.17. The molecule has 1 amide bonds. The lowest BCUT2D eigenvalue weighted by Gasteiger charge is -2.39. The van der Waals surface area contributed by atoms with Crippen LogP contribution in [0.15, 0.2) is 0 Å². The Morgan fingerprint density at radius 2 is 1.80 bits per heavy atom. The first-order valence-corrected chi connectivity index (χ1v) is 8.70. The smallest absolute Gasteiger partial charge is 0.307 e. The van der Waals surface area contributed by atoms with Crippen LogP contribution in [0.25, 0.3) is 0 Å². The van der Waals surface area contributed by atoms with Crippen molar-refractivity contribution >= 4 is 16.1 Å². The van der Waals surface area contributed by atoms with Crippen LogP contribution in [-0.2, 0) is 15.0 Å². The van der Waals surface area contributed by atoms with Gasteiger partial charge in [0.05, 0.1) is 0 Å². The van der Waals surface area contributed by atoms with Crippen molar-refractivity contribution in [2.75, 3.05) is 19.6 Å². The summed E-state index contributed by atoms with van der Waals surface area (Å²) in [6.07, 6.45) is 3.31. The van der Waals surface area contributed by atoms with Crippen molar-refractivity contribution in [3.05, 3.63) is 0 Å². The van der Waals surface area contributed by atoms with E-state index in [2.05, 4.69) is 18.7 Å². The molecule has 2 saturated heterocycles. The van der Waals surface area contributed by atoms with Gasteiger partial charge in [-0.1, -0.05) is 6.42 Å². The molecule has 2 rings (SSSR count). The van der Waals surface area contributed by atoms with E-state index in [0.717, 1.165) is 19.4 Å². The number of hydrogen-bond donors (Lipinski definition) is 0. The highest BCUT2D eigenvalue weighted by molar-refractivity contribution is 7.87. The Morgan fingerprint density at radius 3 is 2.30 bits per heavy atom. The predicted octanol–water partition coefficient (Wildman–Crippen LogP) is 1.15. The molecule has 0 spiro atoms. The average molecular weight is 306 g/mol. The summed E-state index contributed by atoms with van der Waals surface area (Å²) in [6, 6.07) is 0.967. The molecule has 2 heterocycles. The van der Waals surface area contributed by atoms with E-state index in [9.17, 15) is 17.1 Å². The molecule has 0 radical (unpaired) electrons. The van der Waals surface area contributed by atoms with Crippen molar-refractivity contribution in [1.82, 2.24) is 9.80 Å². The minimum absolute atomic E-state index is 0.00569. The van der Waals surface area contributed by atoms with E-state index in [0.29, 0.717) is 18.6 Å². The average Bonchev–Trinajstić information content (AvgIpc) is 2.70. The topological polar surface area (TPSA) is 57.7 Å². The maximum atomic E-state index is 12.9. The van der Waals surface area contributed by atoms with Crippen LogP contribution in [0.5, 0.6) is 0 Å². The highest BCUT2D eigenvalue weighted by Crippen LogP contribution is 2.23. The van der Waals surface area contributed by atoms with E-state index in [1.165, 1.54) is 11.3 Å². The molecule has 116 valence electrons. The van der Waals surface area contributed by atoms with E-state index < -0.39 is 15.5 Å². The molecular formula is C13H23FN2O3S. The normalized spacial score (nSPS) is 32.9. The number of piperidine rings is 1. The molecule has 2 aliphatic heterocycles. The van der Waals surface area contributed by atoms with Gasteiger partial charge in [-0.2, -0.15) is 8.42 Å². The molecule has 3 unspecified atom stereocenters. The minimum atomic E-state index is -4.61. The van der Waals surface area contributed by atoms with Gasteiger partial charge in [0.2, 0.25) is 5.91 Å². The van der Waals surface area contributed by atoms with Crippen molar-refractivity contribution in [3.63, 3.8) is 0 Å². The first-order chi connectivity index (χ1) is 9.29. The highest BCUT2D eigenvalue weighted by Gasteiger charge is 2.38. The van der Waals surface area contributed by atoms with Gasteiger partial charge in [0.15, 0.2) is 0 Å². The van der Waals surface area contributed by atoms with Gasteiger partial charge in [0.1, 0.15) is 5.25 Å². The second-order valence-corrected chi connectivity index (χ2v) is 7.63. The summed E-state index contributed by atoms with van der Waals surface area (Å²) in [7, 11) is -4.61. The number of halogens is 1. The number of carbonyl (C=O) groups is 1. The number of hydrogen-bond acceptors (Lipinski definition) is 4. The van der Waals surface area contributed by atoms with Crippen LogP contribution in [0.4, 0.5) is 3.89 Å². The fourth-order valence-corrected chi connectivity index (χ4v) is 3.99. The summed E-state index contributed by atoms with van der Waals surface area (Å²) in [5.74, 6) is -0.256. The summed E-state index contributed by atoms with van der Waals surface area (Å²) in [6.45, 7) is 5.56. The van der Waals surface area contributed by atoms with Gasteiger partial charge in [-0.15, -0.1) is 3.89 Å². The SMILES string of the molecule is CC1CCCC(C)N1CCN1CC(S(=O)(=O)F)CC1=O. The molecule has 3 atom stereocenters. The van der Waals surface area contributed by atoms with Crippen molar-refractivity contribution < 1.29 is 17.1 Å². The molecule has 2 fully saturated rings. The third-order valence-electron chi connectivity index (χ3n) is 4.58. The Hall–Kier alpha value is -0.690. The summed E-state index contributed by atoms with van der Waals surface area (Å²) < 4.78 is 34.7. The lowest BCUT2D eigenvalue weighted by Crippen LogP contribution is -2.47. The van der Waals surface area contributed by atoms with Gasteiger partial charge in [0, 0.05) is 38.1 Å². The van der Waals surface area contributed by atoms with Crippen LogP contribution in [0, 0.1) is 0 Å². The van der Waals surface area contributed by atoms with Crippen LogP contribution in [0.2, 0.25) is 0 Å². The fraction of sp³-hybridized carbons (Fsp3) is 0.923. The Bertz CT molecular complexity index is 458. The van der Waals surface area contributed by atoms with Crippen molar-refractivity contribution in [1.29, 1.82) is 0 Å². The maximum absolute atomic E-state index is 12.9. The van der Waals surface area contributed by atoms with Crippen LogP contribution >= 0.6 is 0 Å². The summed E-state index contributed by atoms with van der Waals surface area (Å²) in [5.41, 5.74) is 0. The van der Waals surface area contributed by atoms with Crippen molar-refractivity contribution in [2.24, 2.45) is 0 Å². The zero-order valence-electron chi connectivity index (χ0n) is 12.1. The molecule has 7 heteroatoms. The second-order valence-electron chi connectivity index (χ2n) is 6.01. The van der Waals surface area contributed by atoms with Gasteiger partial charge < -0.3 is 4.90 Å². The number of carbonyl (C=O) groups excluding carboxylic acids is 1. The Labute approximate surface area is 120 Å². The Morgan fingerprint density at radius 1 is 1.20 bits per heavy atom. The second kappa shape index (κ2) is 5.97. The molecule has 0 saturated carbocycles. The van der Waals surface area contributed by atoms with Gasteiger partial charge in [-0.3, -0.25) is 9.69 Å². The zero-order valence-corrected chi connectivity index (χ0v) is 12.9. The van der Waals surface area contributed by atoms with Crippen molar-refractivity contribution in [3.8, 4) is 0 Å². The van der Waals surface area contributed by atoms with Crippen LogP contribution < -0.4 is 0 Å². The largest absolute Gasteiger partial charge is 0.340 e. The summed E-state index contributed by atoms with van der Waals surface area (Å²) in [4.78, 5) is 15.6. The third-order valence-corrected chi connectivity index (χ3v) is 5.69. The fourth-order valence-electron chi connectivity index (χ4n) is 3.29. The van der Waals surface area contributed by atoms with E-state index in [1.807, 2.05) is 0 Å². The molecule has 0 aromatic rings. The molecule has 0 aliphatic carbocycles. The van der Waals surface area contributed by atoms with E-state index in [1.54, 1.807) is 0 Å². The lowest BCUT2D eigenvalue weighted by molar-refractivity contribution is -0.128. The van der Waals surface area contributed by atoms with Gasteiger partial charge in [-0.05, 0) is 26.7 Å². The zero-order chi connectivity index (χ0) is 14.9. The van der Waals surface area contributed by atoms with Crippen molar-refractivity contribution in [2.45, 2.75) is 56.9 Å².